The van der Waals surface area contributed by atoms with E-state index in [4.69, 9.17) is 21.4 Å². The van der Waals surface area contributed by atoms with Crippen LogP contribution < -0.4 is 4.74 Å². The molecule has 0 amide bonds. The molecule has 0 radical (unpaired) electrons. The summed E-state index contributed by atoms with van der Waals surface area (Å²) >= 11 is 5.99. The van der Waals surface area contributed by atoms with Gasteiger partial charge in [0.1, 0.15) is 11.7 Å². The predicted octanol–water partition coefficient (Wildman–Crippen LogP) is 3.47. The maximum Gasteiger partial charge on any atom is 0.426 e. The molecule has 20 heavy (non-hydrogen) atoms. The summed E-state index contributed by atoms with van der Waals surface area (Å²) in [6.07, 6.45) is -6.77. The Labute approximate surface area is 118 Å². The molecule has 1 aliphatic rings. The molecule has 0 aromatic heterocycles. The summed E-state index contributed by atoms with van der Waals surface area (Å²) in [5, 5.41) is 9.36. The molecule has 0 saturated carbocycles. The zero-order valence-electron chi connectivity index (χ0n) is 10.5. The van der Waals surface area contributed by atoms with E-state index in [0.29, 0.717) is 22.6 Å². The largest absolute Gasteiger partial charge is 0.481 e. The normalized spacial score (nSPS) is 22.1. The molecule has 1 aliphatic heterocycles. The molecule has 1 aromatic rings. The van der Waals surface area contributed by atoms with Crippen molar-refractivity contribution in [3.63, 3.8) is 0 Å². The Balaban J connectivity index is 2.45. The van der Waals surface area contributed by atoms with Crippen LogP contribution in [0, 0.1) is 5.92 Å². The molecule has 0 aliphatic carbocycles. The average Bonchev–Trinajstić information content (AvgIpc) is 2.35. The second-order valence-electron chi connectivity index (χ2n) is 4.63. The molecule has 2 atom stereocenters. The van der Waals surface area contributed by atoms with Crippen molar-refractivity contribution in [2.24, 2.45) is 5.92 Å². The number of ether oxygens (including phenoxy) is 1. The Kier molecular flexibility index (Phi) is 3.86. The first-order valence-corrected chi connectivity index (χ1v) is 6.39. The molecular weight excluding hydrogens is 297 g/mol. The van der Waals surface area contributed by atoms with E-state index < -0.39 is 24.2 Å². The van der Waals surface area contributed by atoms with Gasteiger partial charge in [0.2, 0.25) is 6.10 Å². The van der Waals surface area contributed by atoms with E-state index in [2.05, 4.69) is 0 Å². The van der Waals surface area contributed by atoms with Crippen molar-refractivity contribution in [1.29, 1.82) is 0 Å². The lowest BCUT2D eigenvalue weighted by molar-refractivity contribution is -0.217. The highest BCUT2D eigenvalue weighted by molar-refractivity contribution is 6.31. The molecule has 1 heterocycles. The second-order valence-corrected chi connectivity index (χ2v) is 5.04. The Morgan fingerprint density at radius 1 is 1.50 bits per heavy atom. The van der Waals surface area contributed by atoms with E-state index in [9.17, 15) is 18.0 Å². The van der Waals surface area contributed by atoms with Crippen LogP contribution in [0.5, 0.6) is 5.75 Å². The number of hydrogen-bond acceptors (Lipinski definition) is 2. The summed E-state index contributed by atoms with van der Waals surface area (Å²) in [6.45, 7) is 1.82. The number of carboxylic acids is 1. The number of hydrogen-bond donors (Lipinski definition) is 1. The van der Waals surface area contributed by atoms with Gasteiger partial charge in [-0.1, -0.05) is 18.5 Å². The smallest absolute Gasteiger partial charge is 0.426 e. The summed E-state index contributed by atoms with van der Waals surface area (Å²) in [5.41, 5.74) is 1.06. The first-order chi connectivity index (χ1) is 9.24. The van der Waals surface area contributed by atoms with Gasteiger partial charge in [-0.3, -0.25) is 4.79 Å². The van der Waals surface area contributed by atoms with Gasteiger partial charge >= 0.3 is 12.1 Å². The van der Waals surface area contributed by atoms with Crippen LogP contribution in [0.3, 0.4) is 0 Å². The van der Waals surface area contributed by atoms with Crippen LogP contribution in [0.25, 0.3) is 0 Å². The van der Waals surface area contributed by atoms with Crippen LogP contribution in [-0.2, 0) is 17.6 Å². The van der Waals surface area contributed by atoms with Crippen molar-refractivity contribution < 1.29 is 27.8 Å². The first kappa shape index (κ1) is 15.0. The third kappa shape index (κ3) is 2.70. The van der Waals surface area contributed by atoms with Crippen molar-refractivity contribution >= 4 is 17.6 Å². The molecule has 0 unspecified atom stereocenters. The molecule has 0 bridgehead atoms. The molecule has 2 rings (SSSR count). The standard InChI is InChI=1S/C13H12ClF3O3/c1-2-6-5-10-7(4-9(6)14)3-8(12(18)19)11(20-10)13(15,16)17/h4-5,8,11H,2-3H2,1H3,(H,18,19)/t8-,11+/m1/s1. The monoisotopic (exact) mass is 308 g/mol. The number of fused-ring (bicyclic) bond motifs is 1. The minimum atomic E-state index is -4.73. The summed E-state index contributed by atoms with van der Waals surface area (Å²) in [6, 6.07) is 2.94. The predicted molar refractivity (Wildman–Crippen MR) is 66.1 cm³/mol. The van der Waals surface area contributed by atoms with Gasteiger partial charge in [-0.15, -0.1) is 0 Å². The highest BCUT2D eigenvalue weighted by Crippen LogP contribution is 2.40. The Bertz CT molecular complexity index is 542. The third-order valence-electron chi connectivity index (χ3n) is 3.31. The highest BCUT2D eigenvalue weighted by Gasteiger charge is 2.52. The zero-order chi connectivity index (χ0) is 15.1. The molecule has 0 fully saturated rings. The van der Waals surface area contributed by atoms with Gasteiger partial charge in [-0.2, -0.15) is 13.2 Å². The Morgan fingerprint density at radius 2 is 2.15 bits per heavy atom. The number of aliphatic carboxylic acids is 1. The van der Waals surface area contributed by atoms with Crippen LogP contribution in [-0.4, -0.2) is 23.4 Å². The SMILES string of the molecule is CCc1cc2c(cc1Cl)C[C@@H](C(=O)O)[C@@H](C(F)(F)F)O2. The maximum atomic E-state index is 12.9. The van der Waals surface area contributed by atoms with E-state index in [1.807, 2.05) is 6.92 Å². The number of benzene rings is 1. The number of halogens is 4. The first-order valence-electron chi connectivity index (χ1n) is 6.01. The van der Waals surface area contributed by atoms with Crippen LogP contribution in [0.15, 0.2) is 12.1 Å². The van der Waals surface area contributed by atoms with Gasteiger partial charge in [-0.25, -0.2) is 0 Å². The van der Waals surface area contributed by atoms with Crippen LogP contribution in [0.2, 0.25) is 5.02 Å². The minimum Gasteiger partial charge on any atom is -0.481 e. The van der Waals surface area contributed by atoms with Gasteiger partial charge in [0.15, 0.2) is 0 Å². The fraction of sp³-hybridized carbons (Fsp3) is 0.462. The maximum absolute atomic E-state index is 12.9. The van der Waals surface area contributed by atoms with Crippen molar-refractivity contribution in [3.05, 3.63) is 28.3 Å². The third-order valence-corrected chi connectivity index (χ3v) is 3.66. The Hall–Kier alpha value is -1.43. The molecule has 0 saturated heterocycles. The van der Waals surface area contributed by atoms with E-state index in [0.717, 1.165) is 0 Å². The summed E-state index contributed by atoms with van der Waals surface area (Å²) in [4.78, 5) is 11.0. The van der Waals surface area contributed by atoms with Gasteiger partial charge in [0.05, 0.1) is 0 Å². The van der Waals surface area contributed by atoms with Crippen molar-refractivity contribution in [2.45, 2.75) is 32.0 Å². The second kappa shape index (κ2) is 5.16. The van der Waals surface area contributed by atoms with E-state index >= 15 is 0 Å². The summed E-state index contributed by atoms with van der Waals surface area (Å²) in [7, 11) is 0. The number of aryl methyl sites for hydroxylation is 1. The van der Waals surface area contributed by atoms with Crippen molar-refractivity contribution in [3.8, 4) is 5.75 Å². The molecule has 0 spiro atoms. The number of rotatable bonds is 2. The van der Waals surface area contributed by atoms with E-state index in [-0.39, 0.29) is 12.2 Å². The lowest BCUT2D eigenvalue weighted by atomic mass is 9.89. The zero-order valence-corrected chi connectivity index (χ0v) is 11.3. The minimum absolute atomic E-state index is 0.0612. The molecule has 7 heteroatoms. The topological polar surface area (TPSA) is 46.5 Å². The number of alkyl halides is 3. The quantitative estimate of drug-likeness (QED) is 0.910. The van der Waals surface area contributed by atoms with Crippen LogP contribution in [0.1, 0.15) is 18.1 Å². The fourth-order valence-corrected chi connectivity index (χ4v) is 2.57. The van der Waals surface area contributed by atoms with Gasteiger partial charge in [0.25, 0.3) is 0 Å². The molecule has 1 N–H and O–H groups in total. The van der Waals surface area contributed by atoms with Gasteiger partial charge < -0.3 is 9.84 Å². The van der Waals surface area contributed by atoms with Crippen LogP contribution >= 0.6 is 11.6 Å². The lowest BCUT2D eigenvalue weighted by Gasteiger charge is -2.32. The van der Waals surface area contributed by atoms with Crippen molar-refractivity contribution in [1.82, 2.24) is 0 Å². The summed E-state index contributed by atoms with van der Waals surface area (Å²) in [5.74, 6) is -3.13. The number of carboxylic acid groups (broad SMARTS) is 1. The van der Waals surface area contributed by atoms with E-state index in [1.54, 1.807) is 0 Å². The average molecular weight is 309 g/mol. The highest BCUT2D eigenvalue weighted by atomic mass is 35.5. The van der Waals surface area contributed by atoms with Crippen molar-refractivity contribution in [2.75, 3.05) is 0 Å². The molecular formula is C13H12ClF3O3. The van der Waals surface area contributed by atoms with Gasteiger partial charge in [-0.05, 0) is 36.1 Å². The lowest BCUT2D eigenvalue weighted by Crippen LogP contribution is -2.47. The van der Waals surface area contributed by atoms with Gasteiger partial charge in [0, 0.05) is 5.02 Å². The number of carbonyl (C=O) groups is 1. The Morgan fingerprint density at radius 3 is 2.65 bits per heavy atom. The molecule has 1 aromatic carbocycles. The van der Waals surface area contributed by atoms with E-state index in [1.165, 1.54) is 12.1 Å². The van der Waals surface area contributed by atoms with Crippen LogP contribution in [0.4, 0.5) is 13.2 Å². The molecule has 3 nitrogen and oxygen atoms in total. The fourth-order valence-electron chi connectivity index (χ4n) is 2.25. The summed E-state index contributed by atoms with van der Waals surface area (Å²) < 4.78 is 43.6. The molecule has 110 valence electrons.